The number of hydrogen-bond donors (Lipinski definition) is 3. The summed E-state index contributed by atoms with van der Waals surface area (Å²) in [6, 6.07) is 4.35. The Hall–Kier alpha value is -1.25. The van der Waals surface area contributed by atoms with Crippen molar-refractivity contribution in [1.82, 2.24) is 16.0 Å². The average molecular weight is 476 g/mol. The summed E-state index contributed by atoms with van der Waals surface area (Å²) in [4.78, 5) is 16.8. The lowest BCUT2D eigenvalue weighted by Crippen LogP contribution is -2.45. The largest absolute Gasteiger partial charge is 0.469 e. The van der Waals surface area contributed by atoms with Gasteiger partial charge >= 0.3 is 0 Å². The quantitative estimate of drug-likeness (QED) is 0.306. The summed E-state index contributed by atoms with van der Waals surface area (Å²) in [6.07, 6.45) is 7.38. The smallest absolute Gasteiger partial charge is 0.227 e. The minimum atomic E-state index is -0.526. The van der Waals surface area contributed by atoms with Crippen molar-refractivity contribution in [2.45, 2.75) is 58.9 Å². The molecule has 26 heavy (non-hydrogen) atoms. The summed E-state index contributed by atoms with van der Waals surface area (Å²) in [6.45, 7) is 7.62. The Morgan fingerprint density at radius 3 is 2.65 bits per heavy atom. The Bertz CT molecular complexity index is 552. The summed E-state index contributed by atoms with van der Waals surface area (Å²) < 4.78 is 5.37. The number of nitrogens with one attached hydrogen (secondary N) is 3. The van der Waals surface area contributed by atoms with Crippen LogP contribution in [0.5, 0.6) is 0 Å². The number of hydrogen-bond acceptors (Lipinski definition) is 3. The highest BCUT2D eigenvalue weighted by atomic mass is 127. The Morgan fingerprint density at radius 1 is 1.31 bits per heavy atom. The maximum Gasteiger partial charge on any atom is 0.227 e. The van der Waals surface area contributed by atoms with Gasteiger partial charge in [0.25, 0.3) is 0 Å². The van der Waals surface area contributed by atoms with Crippen LogP contribution in [0.3, 0.4) is 0 Å². The van der Waals surface area contributed by atoms with Crippen LogP contribution in [0, 0.1) is 5.41 Å². The second kappa shape index (κ2) is 11.5. The van der Waals surface area contributed by atoms with E-state index >= 15 is 0 Å². The molecule has 0 radical (unpaired) electrons. The zero-order chi connectivity index (χ0) is 18.1. The molecule has 7 heteroatoms. The molecule has 148 valence electrons. The van der Waals surface area contributed by atoms with Crippen molar-refractivity contribution < 1.29 is 9.21 Å². The Labute approximate surface area is 174 Å². The minimum absolute atomic E-state index is 0. The molecule has 1 aliphatic carbocycles. The first-order chi connectivity index (χ1) is 12.0. The molecule has 1 saturated carbocycles. The van der Waals surface area contributed by atoms with Crippen molar-refractivity contribution in [2.24, 2.45) is 10.4 Å². The molecule has 0 aliphatic heterocycles. The second-order valence-corrected chi connectivity index (χ2v) is 7.29. The van der Waals surface area contributed by atoms with Gasteiger partial charge in [-0.15, -0.1) is 24.0 Å². The van der Waals surface area contributed by atoms with Crippen LogP contribution in [0.2, 0.25) is 0 Å². The van der Waals surface area contributed by atoms with E-state index in [1.165, 1.54) is 25.7 Å². The lowest BCUT2D eigenvalue weighted by molar-refractivity contribution is -0.128. The molecule has 2 rings (SSSR count). The molecule has 1 aliphatic rings. The summed E-state index contributed by atoms with van der Waals surface area (Å²) in [7, 11) is 0. The van der Waals surface area contributed by atoms with Crippen molar-refractivity contribution in [3.05, 3.63) is 24.2 Å². The van der Waals surface area contributed by atoms with Crippen molar-refractivity contribution in [3.8, 4) is 0 Å². The lowest BCUT2D eigenvalue weighted by atomic mass is 9.92. The van der Waals surface area contributed by atoms with Crippen molar-refractivity contribution in [1.29, 1.82) is 0 Å². The topological polar surface area (TPSA) is 78.7 Å². The maximum atomic E-state index is 12.2. The van der Waals surface area contributed by atoms with Crippen molar-refractivity contribution >= 4 is 35.8 Å². The molecule has 1 heterocycles. The highest BCUT2D eigenvalue weighted by Crippen LogP contribution is 2.18. The molecule has 0 atom stereocenters. The molecule has 0 saturated heterocycles. The first-order valence-corrected chi connectivity index (χ1v) is 9.37. The fourth-order valence-electron chi connectivity index (χ4n) is 2.92. The van der Waals surface area contributed by atoms with E-state index in [4.69, 9.17) is 4.42 Å². The third-order valence-corrected chi connectivity index (χ3v) is 4.52. The summed E-state index contributed by atoms with van der Waals surface area (Å²) in [5, 5.41) is 9.77. The number of aliphatic imine (C=N–C) groups is 1. The van der Waals surface area contributed by atoms with Crippen LogP contribution in [0.25, 0.3) is 0 Å². The number of rotatable bonds is 8. The summed E-state index contributed by atoms with van der Waals surface area (Å²) >= 11 is 0. The van der Waals surface area contributed by atoms with E-state index in [0.29, 0.717) is 19.1 Å². The predicted octanol–water partition coefficient (Wildman–Crippen LogP) is 3.08. The monoisotopic (exact) mass is 476 g/mol. The molecule has 1 aromatic heterocycles. The van der Waals surface area contributed by atoms with E-state index in [1.807, 2.05) is 32.9 Å². The van der Waals surface area contributed by atoms with Crippen LogP contribution in [0.4, 0.5) is 0 Å². The van der Waals surface area contributed by atoms with Gasteiger partial charge in [-0.3, -0.25) is 9.79 Å². The van der Waals surface area contributed by atoms with Crippen LogP contribution in [0.1, 0.15) is 52.2 Å². The zero-order valence-electron chi connectivity index (χ0n) is 16.1. The molecule has 1 amide bonds. The molecule has 0 spiro atoms. The van der Waals surface area contributed by atoms with Gasteiger partial charge in [0.1, 0.15) is 5.76 Å². The van der Waals surface area contributed by atoms with Gasteiger partial charge in [0.15, 0.2) is 5.96 Å². The first kappa shape index (κ1) is 22.8. The fourth-order valence-corrected chi connectivity index (χ4v) is 2.92. The maximum absolute atomic E-state index is 12.2. The fraction of sp³-hybridized carbons (Fsp3) is 0.684. The molecule has 1 aromatic rings. The van der Waals surface area contributed by atoms with Crippen LogP contribution in [-0.2, 0) is 11.2 Å². The summed E-state index contributed by atoms with van der Waals surface area (Å²) in [5.41, 5.74) is -0.526. The molecular weight excluding hydrogens is 443 g/mol. The predicted molar refractivity (Wildman–Crippen MR) is 116 cm³/mol. The first-order valence-electron chi connectivity index (χ1n) is 9.37. The third-order valence-electron chi connectivity index (χ3n) is 4.52. The van der Waals surface area contributed by atoms with Gasteiger partial charge < -0.3 is 20.4 Å². The number of amides is 1. The SMILES string of the molecule is CCNC(=O)C(C)(C)CN=C(NCCc1ccco1)NC1CCCC1.I. The molecule has 1 fully saturated rings. The number of furan rings is 1. The van der Waals surface area contributed by atoms with Gasteiger partial charge in [0.05, 0.1) is 18.2 Å². The van der Waals surface area contributed by atoms with Gasteiger partial charge in [-0.05, 0) is 45.7 Å². The molecular formula is C19H33IN4O2. The normalized spacial score (nSPS) is 15.4. The highest BCUT2D eigenvalue weighted by Gasteiger charge is 2.27. The van der Waals surface area contributed by atoms with Gasteiger partial charge in [-0.25, -0.2) is 0 Å². The minimum Gasteiger partial charge on any atom is -0.469 e. The van der Waals surface area contributed by atoms with E-state index < -0.39 is 5.41 Å². The second-order valence-electron chi connectivity index (χ2n) is 7.29. The highest BCUT2D eigenvalue weighted by molar-refractivity contribution is 14.0. The van der Waals surface area contributed by atoms with Gasteiger partial charge in [0.2, 0.25) is 5.91 Å². The zero-order valence-corrected chi connectivity index (χ0v) is 18.5. The Balaban J connectivity index is 0.00000338. The number of nitrogens with zero attached hydrogens (tertiary/aromatic N) is 1. The summed E-state index contributed by atoms with van der Waals surface area (Å²) in [5.74, 6) is 1.78. The van der Waals surface area contributed by atoms with Crippen molar-refractivity contribution in [2.75, 3.05) is 19.6 Å². The Kier molecular flexibility index (Phi) is 10.0. The van der Waals surface area contributed by atoms with Crippen LogP contribution in [0.15, 0.2) is 27.8 Å². The van der Waals surface area contributed by atoms with Crippen molar-refractivity contribution in [3.63, 3.8) is 0 Å². The number of carbonyl (C=O) groups is 1. The lowest BCUT2D eigenvalue weighted by Gasteiger charge is -2.23. The molecule has 0 aromatic carbocycles. The molecule has 6 nitrogen and oxygen atoms in total. The van der Waals surface area contributed by atoms with E-state index in [9.17, 15) is 4.79 Å². The average Bonchev–Trinajstić information content (AvgIpc) is 3.26. The van der Waals surface area contributed by atoms with Gasteiger partial charge in [-0.2, -0.15) is 0 Å². The van der Waals surface area contributed by atoms with Crippen LogP contribution >= 0.6 is 24.0 Å². The number of halogens is 1. The van der Waals surface area contributed by atoms with E-state index in [-0.39, 0.29) is 29.9 Å². The van der Waals surface area contributed by atoms with Crippen LogP contribution in [-0.4, -0.2) is 37.5 Å². The molecule has 3 N–H and O–H groups in total. The van der Waals surface area contributed by atoms with E-state index in [0.717, 1.165) is 24.7 Å². The van der Waals surface area contributed by atoms with Gasteiger partial charge in [0, 0.05) is 25.6 Å². The van der Waals surface area contributed by atoms with Gasteiger partial charge in [-0.1, -0.05) is 12.8 Å². The van der Waals surface area contributed by atoms with E-state index in [2.05, 4.69) is 20.9 Å². The Morgan fingerprint density at radius 2 is 2.04 bits per heavy atom. The number of carbonyl (C=O) groups excluding carboxylic acids is 1. The van der Waals surface area contributed by atoms with Crippen LogP contribution < -0.4 is 16.0 Å². The van der Waals surface area contributed by atoms with E-state index in [1.54, 1.807) is 6.26 Å². The standard InChI is InChI=1S/C19H32N4O2.HI/c1-4-20-17(24)19(2,3)14-22-18(23-15-8-5-6-9-15)21-12-11-16-10-7-13-25-16;/h7,10,13,15H,4-6,8-9,11-12,14H2,1-3H3,(H,20,24)(H2,21,22,23);1H. The molecule has 0 bridgehead atoms. The number of guanidine groups is 1. The third kappa shape index (κ3) is 7.55. The molecule has 0 unspecified atom stereocenters.